The second-order valence-electron chi connectivity index (χ2n) is 4.51. The fraction of sp³-hybridized carbons (Fsp3) is 0.200. The summed E-state index contributed by atoms with van der Waals surface area (Å²) in [4.78, 5) is 25.0. The van der Waals surface area contributed by atoms with Crippen molar-refractivity contribution in [3.8, 4) is 0 Å². The molecule has 0 saturated heterocycles. The van der Waals surface area contributed by atoms with E-state index in [1.807, 2.05) is 0 Å². The minimum Gasteiger partial charge on any atom is -0.467 e. The van der Waals surface area contributed by atoms with Gasteiger partial charge in [0.05, 0.1) is 12.8 Å². The van der Waals surface area contributed by atoms with E-state index < -0.39 is 0 Å². The van der Waals surface area contributed by atoms with Crippen LogP contribution < -0.4 is 5.32 Å². The van der Waals surface area contributed by atoms with Crippen LogP contribution in [-0.2, 0) is 16.1 Å². The van der Waals surface area contributed by atoms with E-state index in [2.05, 4.69) is 5.32 Å². The second-order valence-corrected chi connectivity index (χ2v) is 4.95. The third-order valence-corrected chi connectivity index (χ3v) is 3.05. The molecule has 1 N–H and O–H groups in total. The van der Waals surface area contributed by atoms with Crippen LogP contribution in [0.5, 0.6) is 0 Å². The zero-order valence-corrected chi connectivity index (χ0v) is 12.3. The molecule has 1 heterocycles. The lowest BCUT2D eigenvalue weighted by atomic mass is 10.3. The van der Waals surface area contributed by atoms with Gasteiger partial charge in [-0.25, -0.2) is 0 Å². The third kappa shape index (κ3) is 4.65. The highest BCUT2D eigenvalue weighted by Gasteiger charge is 2.15. The number of anilines is 1. The van der Waals surface area contributed by atoms with Gasteiger partial charge in [-0.05, 0) is 30.3 Å². The van der Waals surface area contributed by atoms with Crippen LogP contribution in [0.15, 0.2) is 47.1 Å². The average molecular weight is 307 g/mol. The molecule has 0 atom stereocenters. The quantitative estimate of drug-likeness (QED) is 0.924. The Morgan fingerprint density at radius 2 is 2.10 bits per heavy atom. The van der Waals surface area contributed by atoms with Crippen LogP contribution in [-0.4, -0.2) is 23.3 Å². The van der Waals surface area contributed by atoms with E-state index in [1.165, 1.54) is 18.1 Å². The molecule has 2 amide bonds. The number of hydrogen-bond acceptors (Lipinski definition) is 3. The molecule has 0 spiro atoms. The van der Waals surface area contributed by atoms with Crippen molar-refractivity contribution < 1.29 is 14.0 Å². The van der Waals surface area contributed by atoms with Crippen molar-refractivity contribution in [1.82, 2.24) is 4.90 Å². The Hall–Kier alpha value is -2.27. The lowest BCUT2D eigenvalue weighted by Crippen LogP contribution is -2.36. The molecule has 110 valence electrons. The first kappa shape index (κ1) is 15.1. The van der Waals surface area contributed by atoms with Crippen LogP contribution in [0.3, 0.4) is 0 Å². The van der Waals surface area contributed by atoms with Crippen LogP contribution in [0.4, 0.5) is 5.69 Å². The average Bonchev–Trinajstić information content (AvgIpc) is 2.90. The molecule has 6 heteroatoms. The van der Waals surface area contributed by atoms with E-state index in [0.29, 0.717) is 16.5 Å². The first-order chi connectivity index (χ1) is 10.0. The van der Waals surface area contributed by atoms with Gasteiger partial charge < -0.3 is 14.6 Å². The number of carbonyl (C=O) groups is 2. The minimum absolute atomic E-state index is 0.0530. The first-order valence-electron chi connectivity index (χ1n) is 6.38. The summed E-state index contributed by atoms with van der Waals surface area (Å²) in [6, 6.07) is 10.3. The second kappa shape index (κ2) is 6.95. The Bertz CT molecular complexity index is 626. The monoisotopic (exact) mass is 306 g/mol. The summed E-state index contributed by atoms with van der Waals surface area (Å²) < 4.78 is 5.19. The summed E-state index contributed by atoms with van der Waals surface area (Å²) >= 11 is 5.85. The standard InChI is InChI=1S/C15H15ClN2O3/c1-11(19)18(9-14-6-3-7-21-14)10-15(20)17-13-5-2-4-12(16)8-13/h2-8H,9-10H2,1H3,(H,17,20). The summed E-state index contributed by atoms with van der Waals surface area (Å²) in [6.45, 7) is 1.61. The van der Waals surface area contributed by atoms with Crippen LogP contribution in [0, 0.1) is 0 Å². The van der Waals surface area contributed by atoms with Gasteiger partial charge in [-0.15, -0.1) is 0 Å². The zero-order chi connectivity index (χ0) is 15.2. The maximum absolute atomic E-state index is 12.0. The molecular formula is C15H15ClN2O3. The molecule has 0 aliphatic carbocycles. The number of benzene rings is 1. The highest BCUT2D eigenvalue weighted by molar-refractivity contribution is 6.30. The number of carbonyl (C=O) groups excluding carboxylic acids is 2. The van der Waals surface area contributed by atoms with Gasteiger partial charge in [0.15, 0.2) is 0 Å². The van der Waals surface area contributed by atoms with Gasteiger partial charge in [0.1, 0.15) is 12.3 Å². The summed E-state index contributed by atoms with van der Waals surface area (Å²) in [7, 11) is 0. The number of amides is 2. The largest absolute Gasteiger partial charge is 0.467 e. The van der Waals surface area contributed by atoms with Gasteiger partial charge in [0.2, 0.25) is 11.8 Å². The number of nitrogens with zero attached hydrogens (tertiary/aromatic N) is 1. The summed E-state index contributed by atoms with van der Waals surface area (Å²) in [5.41, 5.74) is 0.592. The van der Waals surface area contributed by atoms with Crippen molar-refractivity contribution >= 4 is 29.1 Å². The minimum atomic E-state index is -0.293. The number of nitrogens with one attached hydrogen (secondary N) is 1. The topological polar surface area (TPSA) is 62.6 Å². The molecular weight excluding hydrogens is 292 g/mol. The molecule has 0 unspecified atom stereocenters. The number of hydrogen-bond donors (Lipinski definition) is 1. The fourth-order valence-corrected chi connectivity index (χ4v) is 2.00. The fourth-order valence-electron chi connectivity index (χ4n) is 1.81. The predicted octanol–water partition coefficient (Wildman–Crippen LogP) is 2.92. The van der Waals surface area contributed by atoms with Gasteiger partial charge in [-0.3, -0.25) is 9.59 Å². The zero-order valence-electron chi connectivity index (χ0n) is 11.5. The van der Waals surface area contributed by atoms with E-state index >= 15 is 0 Å². The summed E-state index contributed by atoms with van der Waals surface area (Å²) in [6.07, 6.45) is 1.53. The van der Waals surface area contributed by atoms with Crippen LogP contribution >= 0.6 is 11.6 Å². The molecule has 0 saturated carbocycles. The first-order valence-corrected chi connectivity index (χ1v) is 6.75. The Balaban J connectivity index is 1.96. The molecule has 0 aliphatic heterocycles. The van der Waals surface area contributed by atoms with Gasteiger partial charge >= 0.3 is 0 Å². The molecule has 21 heavy (non-hydrogen) atoms. The third-order valence-electron chi connectivity index (χ3n) is 2.81. The maximum atomic E-state index is 12.0. The highest BCUT2D eigenvalue weighted by atomic mass is 35.5. The van der Waals surface area contributed by atoms with Crippen molar-refractivity contribution in [2.24, 2.45) is 0 Å². The Labute approximate surface area is 127 Å². The van der Waals surface area contributed by atoms with E-state index in [4.69, 9.17) is 16.0 Å². The molecule has 0 fully saturated rings. The molecule has 2 rings (SSSR count). The van der Waals surface area contributed by atoms with Crippen molar-refractivity contribution in [3.63, 3.8) is 0 Å². The van der Waals surface area contributed by atoms with Crippen LogP contribution in [0.1, 0.15) is 12.7 Å². The van der Waals surface area contributed by atoms with E-state index in [9.17, 15) is 9.59 Å². The number of furan rings is 1. The van der Waals surface area contributed by atoms with Gasteiger partial charge in [-0.2, -0.15) is 0 Å². The van der Waals surface area contributed by atoms with E-state index in [1.54, 1.807) is 36.4 Å². The Morgan fingerprint density at radius 1 is 1.29 bits per heavy atom. The van der Waals surface area contributed by atoms with Crippen molar-refractivity contribution in [3.05, 3.63) is 53.4 Å². The van der Waals surface area contributed by atoms with Crippen molar-refractivity contribution in [2.45, 2.75) is 13.5 Å². The summed E-state index contributed by atoms with van der Waals surface area (Å²) in [5, 5.41) is 3.23. The van der Waals surface area contributed by atoms with Gasteiger partial charge in [-0.1, -0.05) is 17.7 Å². The molecule has 5 nitrogen and oxygen atoms in total. The van der Waals surface area contributed by atoms with Crippen LogP contribution in [0.25, 0.3) is 0 Å². The SMILES string of the molecule is CC(=O)N(CC(=O)Nc1cccc(Cl)c1)Cc1ccco1. The smallest absolute Gasteiger partial charge is 0.244 e. The Kier molecular flexibility index (Phi) is 5.00. The molecule has 0 aliphatic rings. The lowest BCUT2D eigenvalue weighted by molar-refractivity contribution is -0.133. The van der Waals surface area contributed by atoms with Gasteiger partial charge in [0.25, 0.3) is 0 Å². The maximum Gasteiger partial charge on any atom is 0.244 e. The molecule has 1 aromatic carbocycles. The number of halogens is 1. The normalized spacial score (nSPS) is 10.2. The molecule has 2 aromatic rings. The molecule has 0 radical (unpaired) electrons. The Morgan fingerprint density at radius 3 is 2.71 bits per heavy atom. The van der Waals surface area contributed by atoms with Crippen molar-refractivity contribution in [1.29, 1.82) is 0 Å². The summed E-state index contributed by atoms with van der Waals surface area (Å²) in [5.74, 6) is 0.132. The number of rotatable bonds is 5. The van der Waals surface area contributed by atoms with Crippen LogP contribution in [0.2, 0.25) is 5.02 Å². The molecule has 0 bridgehead atoms. The lowest BCUT2D eigenvalue weighted by Gasteiger charge is -2.19. The highest BCUT2D eigenvalue weighted by Crippen LogP contribution is 2.15. The van der Waals surface area contributed by atoms with E-state index in [0.717, 1.165) is 0 Å². The van der Waals surface area contributed by atoms with E-state index in [-0.39, 0.29) is 24.9 Å². The van der Waals surface area contributed by atoms with Gasteiger partial charge in [0, 0.05) is 17.6 Å². The predicted molar refractivity (Wildman–Crippen MR) is 79.9 cm³/mol. The van der Waals surface area contributed by atoms with Crippen molar-refractivity contribution in [2.75, 3.05) is 11.9 Å². The molecule has 1 aromatic heterocycles.